The smallest absolute Gasteiger partial charge is 0.247 e. The molecule has 2 heterocycles. The topological polar surface area (TPSA) is 53.2 Å². The number of amides is 1. The van der Waals surface area contributed by atoms with Crippen molar-refractivity contribution in [3.63, 3.8) is 0 Å². The second kappa shape index (κ2) is 5.69. The van der Waals surface area contributed by atoms with Gasteiger partial charge in [-0.2, -0.15) is 0 Å². The average Bonchev–Trinajstić information content (AvgIpc) is 3.21. The van der Waals surface area contributed by atoms with E-state index in [4.69, 9.17) is 0 Å². The summed E-state index contributed by atoms with van der Waals surface area (Å²) in [7, 11) is 0. The lowest BCUT2D eigenvalue weighted by atomic mass is 10.0. The standard InChI is InChI=1S/C19H20N2O2/c22-18-8-7-15(12-20-18)17-6-3-9-21(17)19(23)16-10-13-4-1-2-5-14(13)11-16/h1-2,4-5,7-8,12,16-17H,3,6,9-11H2,(H,20,22). The van der Waals surface area contributed by atoms with Crippen molar-refractivity contribution in [2.45, 2.75) is 31.7 Å². The van der Waals surface area contributed by atoms with Gasteiger partial charge in [-0.3, -0.25) is 9.59 Å². The van der Waals surface area contributed by atoms with Crippen LogP contribution >= 0.6 is 0 Å². The number of hydrogen-bond acceptors (Lipinski definition) is 2. The fourth-order valence-electron chi connectivity index (χ4n) is 3.97. The minimum absolute atomic E-state index is 0.0655. The number of nitrogens with zero attached hydrogens (tertiary/aromatic N) is 1. The number of benzene rings is 1. The van der Waals surface area contributed by atoms with Gasteiger partial charge in [-0.15, -0.1) is 0 Å². The Kier molecular flexibility index (Phi) is 3.52. The summed E-state index contributed by atoms with van der Waals surface area (Å²) < 4.78 is 0. The summed E-state index contributed by atoms with van der Waals surface area (Å²) in [6, 6.07) is 11.8. The number of rotatable bonds is 2. The Morgan fingerprint density at radius 3 is 2.48 bits per heavy atom. The summed E-state index contributed by atoms with van der Waals surface area (Å²) in [6.07, 6.45) is 5.45. The van der Waals surface area contributed by atoms with Crippen molar-refractivity contribution in [2.24, 2.45) is 5.92 Å². The van der Waals surface area contributed by atoms with E-state index in [1.54, 1.807) is 12.3 Å². The highest BCUT2D eigenvalue weighted by molar-refractivity contribution is 5.81. The van der Waals surface area contributed by atoms with E-state index >= 15 is 0 Å². The second-order valence-electron chi connectivity index (χ2n) is 6.55. The summed E-state index contributed by atoms with van der Waals surface area (Å²) in [5.41, 5.74) is 3.55. The molecule has 1 saturated heterocycles. The van der Waals surface area contributed by atoms with Crippen molar-refractivity contribution in [3.05, 3.63) is 69.6 Å². The Bertz CT molecular complexity index is 750. The quantitative estimate of drug-likeness (QED) is 0.926. The maximum absolute atomic E-state index is 13.0. The molecule has 0 saturated carbocycles. The first kappa shape index (κ1) is 14.2. The lowest BCUT2D eigenvalue weighted by molar-refractivity contribution is -0.136. The summed E-state index contributed by atoms with van der Waals surface area (Å²) in [5.74, 6) is 0.325. The zero-order valence-corrected chi connectivity index (χ0v) is 13.0. The Labute approximate surface area is 135 Å². The Balaban J connectivity index is 1.54. The molecule has 118 valence electrons. The van der Waals surface area contributed by atoms with Gasteiger partial charge in [0.2, 0.25) is 11.5 Å². The fraction of sp³-hybridized carbons (Fsp3) is 0.368. The van der Waals surface area contributed by atoms with Gasteiger partial charge in [0.1, 0.15) is 0 Å². The highest BCUT2D eigenvalue weighted by Crippen LogP contribution is 2.35. The molecule has 1 aliphatic carbocycles. The van der Waals surface area contributed by atoms with E-state index in [0.29, 0.717) is 0 Å². The molecule has 2 aliphatic rings. The molecular formula is C19H20N2O2. The minimum atomic E-state index is -0.101. The molecule has 4 heteroatoms. The average molecular weight is 308 g/mol. The van der Waals surface area contributed by atoms with Crippen LogP contribution < -0.4 is 5.56 Å². The number of likely N-dealkylation sites (tertiary alicyclic amines) is 1. The summed E-state index contributed by atoms with van der Waals surface area (Å²) >= 11 is 0. The third-order valence-electron chi connectivity index (χ3n) is 5.13. The van der Waals surface area contributed by atoms with Crippen molar-refractivity contribution in [2.75, 3.05) is 6.54 Å². The van der Waals surface area contributed by atoms with Crippen molar-refractivity contribution < 1.29 is 4.79 Å². The number of carbonyl (C=O) groups is 1. The van der Waals surface area contributed by atoms with Crippen LogP contribution in [-0.2, 0) is 17.6 Å². The van der Waals surface area contributed by atoms with Crippen LogP contribution in [0.4, 0.5) is 0 Å². The number of fused-ring (bicyclic) bond motifs is 1. The normalized spacial score (nSPS) is 20.7. The van der Waals surface area contributed by atoms with Gasteiger partial charge >= 0.3 is 0 Å². The van der Waals surface area contributed by atoms with Gasteiger partial charge in [0.25, 0.3) is 0 Å². The van der Waals surface area contributed by atoms with Gasteiger partial charge in [0.15, 0.2) is 0 Å². The molecular weight excluding hydrogens is 288 g/mol. The Morgan fingerprint density at radius 2 is 1.83 bits per heavy atom. The number of carbonyl (C=O) groups excluding carboxylic acids is 1. The number of aromatic nitrogens is 1. The van der Waals surface area contributed by atoms with Gasteiger partial charge in [-0.1, -0.05) is 30.3 Å². The first-order valence-electron chi connectivity index (χ1n) is 8.28. The van der Waals surface area contributed by atoms with E-state index in [-0.39, 0.29) is 23.4 Å². The van der Waals surface area contributed by atoms with Crippen molar-refractivity contribution in [1.82, 2.24) is 9.88 Å². The largest absolute Gasteiger partial charge is 0.335 e. The molecule has 1 aliphatic heterocycles. The molecule has 4 rings (SSSR count). The molecule has 0 radical (unpaired) electrons. The predicted octanol–water partition coefficient (Wildman–Crippen LogP) is 2.45. The van der Waals surface area contributed by atoms with E-state index in [0.717, 1.165) is 37.8 Å². The predicted molar refractivity (Wildman–Crippen MR) is 88.1 cm³/mol. The van der Waals surface area contributed by atoms with Crippen molar-refractivity contribution in [3.8, 4) is 0 Å². The van der Waals surface area contributed by atoms with Crippen molar-refractivity contribution in [1.29, 1.82) is 0 Å². The highest BCUT2D eigenvalue weighted by Gasteiger charge is 2.36. The molecule has 2 aromatic rings. The van der Waals surface area contributed by atoms with E-state index in [1.807, 2.05) is 23.1 Å². The maximum Gasteiger partial charge on any atom is 0.247 e. The van der Waals surface area contributed by atoms with E-state index in [2.05, 4.69) is 17.1 Å². The second-order valence-corrected chi connectivity index (χ2v) is 6.55. The van der Waals surface area contributed by atoms with E-state index in [9.17, 15) is 9.59 Å². The monoisotopic (exact) mass is 308 g/mol. The number of H-pyrrole nitrogens is 1. The van der Waals surface area contributed by atoms with Crippen LogP contribution in [0.1, 0.15) is 35.6 Å². The molecule has 1 amide bonds. The Hall–Kier alpha value is -2.36. The fourth-order valence-corrected chi connectivity index (χ4v) is 3.97. The van der Waals surface area contributed by atoms with Gasteiger partial charge in [-0.25, -0.2) is 0 Å². The molecule has 4 nitrogen and oxygen atoms in total. The number of pyridine rings is 1. The van der Waals surface area contributed by atoms with Gasteiger partial charge in [-0.05, 0) is 42.4 Å². The molecule has 1 N–H and O–H groups in total. The van der Waals surface area contributed by atoms with E-state index < -0.39 is 0 Å². The summed E-state index contributed by atoms with van der Waals surface area (Å²) in [6.45, 7) is 0.815. The van der Waals surface area contributed by atoms with Crippen LogP contribution in [0.15, 0.2) is 47.4 Å². The van der Waals surface area contributed by atoms with Crippen LogP contribution in [0, 0.1) is 5.92 Å². The lowest BCUT2D eigenvalue weighted by Crippen LogP contribution is -2.36. The van der Waals surface area contributed by atoms with Crippen LogP contribution in [0.3, 0.4) is 0 Å². The molecule has 0 spiro atoms. The van der Waals surface area contributed by atoms with Gasteiger partial charge in [0.05, 0.1) is 6.04 Å². The summed E-state index contributed by atoms with van der Waals surface area (Å²) in [5, 5.41) is 0. The minimum Gasteiger partial charge on any atom is -0.335 e. The Morgan fingerprint density at radius 1 is 1.09 bits per heavy atom. The molecule has 1 aromatic heterocycles. The third kappa shape index (κ3) is 2.58. The number of hydrogen-bond donors (Lipinski definition) is 1. The van der Waals surface area contributed by atoms with Crippen LogP contribution in [0.2, 0.25) is 0 Å². The first-order valence-corrected chi connectivity index (χ1v) is 8.28. The highest BCUT2D eigenvalue weighted by atomic mass is 16.2. The molecule has 0 bridgehead atoms. The van der Waals surface area contributed by atoms with E-state index in [1.165, 1.54) is 11.1 Å². The SMILES string of the molecule is O=C(C1Cc2ccccc2C1)N1CCCC1c1ccc(=O)[nH]c1. The molecule has 23 heavy (non-hydrogen) atoms. The third-order valence-corrected chi connectivity index (χ3v) is 5.13. The number of aromatic amines is 1. The molecule has 1 fully saturated rings. The number of nitrogens with one attached hydrogen (secondary N) is 1. The van der Waals surface area contributed by atoms with Crippen molar-refractivity contribution >= 4 is 5.91 Å². The first-order chi connectivity index (χ1) is 11.2. The lowest BCUT2D eigenvalue weighted by Gasteiger charge is -2.27. The zero-order chi connectivity index (χ0) is 15.8. The molecule has 1 unspecified atom stereocenters. The summed E-state index contributed by atoms with van der Waals surface area (Å²) in [4.78, 5) is 29.0. The molecule has 1 atom stereocenters. The van der Waals surface area contributed by atoms with Crippen LogP contribution in [0.25, 0.3) is 0 Å². The maximum atomic E-state index is 13.0. The van der Waals surface area contributed by atoms with Crippen LogP contribution in [0.5, 0.6) is 0 Å². The zero-order valence-electron chi connectivity index (χ0n) is 13.0. The van der Waals surface area contributed by atoms with Gasteiger partial charge < -0.3 is 9.88 Å². The van der Waals surface area contributed by atoms with Crippen LogP contribution in [-0.4, -0.2) is 22.3 Å². The van der Waals surface area contributed by atoms with Gasteiger partial charge in [0, 0.05) is 24.7 Å². The molecule has 1 aromatic carbocycles.